The van der Waals surface area contributed by atoms with Gasteiger partial charge < -0.3 is 14.8 Å². The summed E-state index contributed by atoms with van der Waals surface area (Å²) >= 11 is 0. The van der Waals surface area contributed by atoms with Gasteiger partial charge in [-0.25, -0.2) is 15.0 Å². The molecule has 5 rings (SSSR count). The van der Waals surface area contributed by atoms with E-state index in [1.54, 1.807) is 13.4 Å². The topological polar surface area (TPSA) is 97.9 Å². The van der Waals surface area contributed by atoms with Crippen LogP contribution in [-0.2, 0) is 15.9 Å². The van der Waals surface area contributed by atoms with Crippen LogP contribution in [0.2, 0.25) is 0 Å². The molecule has 1 aliphatic heterocycles. The van der Waals surface area contributed by atoms with E-state index in [0.717, 1.165) is 12.8 Å². The highest BCUT2D eigenvalue weighted by Gasteiger charge is 2.29. The van der Waals surface area contributed by atoms with Gasteiger partial charge in [-0.05, 0) is 24.0 Å². The second kappa shape index (κ2) is 10.6. The Balaban J connectivity index is 1.46. The lowest BCUT2D eigenvalue weighted by Gasteiger charge is -2.19. The zero-order chi connectivity index (χ0) is 24.0. The molecule has 0 aliphatic carbocycles. The van der Waals surface area contributed by atoms with Gasteiger partial charge in [0, 0.05) is 19.6 Å². The van der Waals surface area contributed by atoms with Crippen LogP contribution in [0, 0.1) is 11.3 Å². The Bertz CT molecular complexity index is 1260. The van der Waals surface area contributed by atoms with Crippen molar-refractivity contribution in [3.63, 3.8) is 0 Å². The average molecular weight is 469 g/mol. The minimum atomic E-state index is -0.167. The molecule has 1 aliphatic rings. The molecule has 1 N–H and O–H groups in total. The molecule has 0 unspecified atom stereocenters. The van der Waals surface area contributed by atoms with E-state index in [-0.39, 0.29) is 24.7 Å². The molecule has 1 saturated heterocycles. The van der Waals surface area contributed by atoms with Crippen LogP contribution in [0.25, 0.3) is 11.2 Å². The van der Waals surface area contributed by atoms with Crippen molar-refractivity contribution in [3.05, 3.63) is 83.9 Å². The van der Waals surface area contributed by atoms with Crippen LogP contribution in [0.1, 0.15) is 41.9 Å². The van der Waals surface area contributed by atoms with Gasteiger partial charge in [0.1, 0.15) is 12.1 Å². The maximum absolute atomic E-state index is 9.31. The van der Waals surface area contributed by atoms with Crippen molar-refractivity contribution in [1.82, 2.24) is 19.5 Å². The van der Waals surface area contributed by atoms with Gasteiger partial charge in [0.15, 0.2) is 17.0 Å². The quantitative estimate of drug-likeness (QED) is 0.387. The molecule has 8 nitrogen and oxygen atoms in total. The smallest absolute Gasteiger partial charge is 0.167 e. The third kappa shape index (κ3) is 5.02. The predicted octanol–water partition coefficient (Wildman–Crippen LogP) is 4.46. The maximum atomic E-state index is 9.31. The molecule has 4 aromatic rings. The summed E-state index contributed by atoms with van der Waals surface area (Å²) in [6, 6.07) is 23.0. The standard InChI is InChI=1S/C27H28N6O2/c1-34-17-21-12-13-24(35-21)33-18-30-25-26(31-23(14-15-28)32-27(25)33)29-16-22(19-8-4-2-5-9-19)20-10-6-3-7-11-20/h2-11,18,21-22,24H,12-14,16-17H2,1H3,(H,29,31,32)/t21-,24+/m0/s1. The van der Waals surface area contributed by atoms with Crippen LogP contribution >= 0.6 is 0 Å². The Labute approximate surface area is 204 Å². The number of imidazole rings is 1. The van der Waals surface area contributed by atoms with Crippen molar-refractivity contribution in [2.45, 2.75) is 37.5 Å². The summed E-state index contributed by atoms with van der Waals surface area (Å²) < 4.78 is 13.4. The molecule has 178 valence electrons. The van der Waals surface area contributed by atoms with E-state index < -0.39 is 0 Å². The molecule has 2 aromatic carbocycles. The van der Waals surface area contributed by atoms with Gasteiger partial charge in [-0.1, -0.05) is 60.7 Å². The molecule has 0 saturated carbocycles. The molecule has 35 heavy (non-hydrogen) atoms. The molecule has 2 atom stereocenters. The molecule has 8 heteroatoms. The average Bonchev–Trinajstić information content (AvgIpc) is 3.53. The highest BCUT2D eigenvalue weighted by atomic mass is 16.5. The lowest BCUT2D eigenvalue weighted by Crippen LogP contribution is -2.17. The van der Waals surface area contributed by atoms with E-state index in [4.69, 9.17) is 9.47 Å². The second-order valence-corrected chi connectivity index (χ2v) is 8.65. The number of ether oxygens (including phenoxy) is 2. The summed E-state index contributed by atoms with van der Waals surface area (Å²) in [5.41, 5.74) is 3.77. The molecule has 0 amide bonds. The monoisotopic (exact) mass is 468 g/mol. The van der Waals surface area contributed by atoms with E-state index in [1.807, 2.05) is 16.7 Å². The molecular weight excluding hydrogens is 440 g/mol. The van der Waals surface area contributed by atoms with Crippen molar-refractivity contribution in [3.8, 4) is 6.07 Å². The van der Waals surface area contributed by atoms with Gasteiger partial charge in [0.05, 0.1) is 31.5 Å². The SMILES string of the molecule is COC[C@@H]1CC[C@H](n2cnc3c(NCC(c4ccccc4)c4ccccc4)nc(CC#N)nc32)O1. The van der Waals surface area contributed by atoms with E-state index >= 15 is 0 Å². The predicted molar refractivity (Wildman–Crippen MR) is 133 cm³/mol. The van der Waals surface area contributed by atoms with Crippen molar-refractivity contribution < 1.29 is 9.47 Å². The molecule has 1 fully saturated rings. The highest BCUT2D eigenvalue weighted by molar-refractivity contribution is 5.83. The minimum absolute atomic E-state index is 0.0537. The number of nitriles is 1. The molecule has 3 heterocycles. The van der Waals surface area contributed by atoms with Crippen LogP contribution in [0.4, 0.5) is 5.82 Å². The van der Waals surface area contributed by atoms with E-state index in [9.17, 15) is 5.26 Å². The summed E-state index contributed by atoms with van der Waals surface area (Å²) in [4.78, 5) is 14.0. The van der Waals surface area contributed by atoms with Gasteiger partial charge in [-0.3, -0.25) is 4.57 Å². The van der Waals surface area contributed by atoms with Gasteiger partial charge in [-0.2, -0.15) is 5.26 Å². The Morgan fingerprint density at radius 3 is 2.46 bits per heavy atom. The Kier molecular flexibility index (Phi) is 6.98. The number of hydrogen-bond donors (Lipinski definition) is 1. The third-order valence-corrected chi connectivity index (χ3v) is 6.33. The van der Waals surface area contributed by atoms with Gasteiger partial charge in [0.25, 0.3) is 0 Å². The van der Waals surface area contributed by atoms with Crippen LogP contribution in [-0.4, -0.2) is 45.9 Å². The third-order valence-electron chi connectivity index (χ3n) is 6.33. The number of rotatable bonds is 9. The van der Waals surface area contributed by atoms with Crippen LogP contribution in [0.15, 0.2) is 67.0 Å². The zero-order valence-electron chi connectivity index (χ0n) is 19.7. The first kappa shape index (κ1) is 23.0. The number of benzene rings is 2. The summed E-state index contributed by atoms with van der Waals surface area (Å²) in [6.07, 6.45) is 3.53. The second-order valence-electron chi connectivity index (χ2n) is 8.65. The van der Waals surface area contributed by atoms with E-state index in [2.05, 4.69) is 74.9 Å². The lowest BCUT2D eigenvalue weighted by atomic mass is 9.91. The number of nitrogens with one attached hydrogen (secondary N) is 1. The lowest BCUT2D eigenvalue weighted by molar-refractivity contribution is -0.0300. The summed E-state index contributed by atoms with van der Waals surface area (Å²) in [5.74, 6) is 1.21. The molecular formula is C27H28N6O2. The molecule has 0 bridgehead atoms. The maximum Gasteiger partial charge on any atom is 0.167 e. The first-order valence-electron chi connectivity index (χ1n) is 11.9. The van der Waals surface area contributed by atoms with E-state index in [1.165, 1.54) is 11.1 Å². The van der Waals surface area contributed by atoms with Gasteiger partial charge in [-0.15, -0.1) is 0 Å². The van der Waals surface area contributed by atoms with Crippen LogP contribution in [0.5, 0.6) is 0 Å². The van der Waals surface area contributed by atoms with Gasteiger partial charge in [0.2, 0.25) is 0 Å². The number of methoxy groups -OCH3 is 1. The van der Waals surface area contributed by atoms with E-state index in [0.29, 0.717) is 36.0 Å². The van der Waals surface area contributed by atoms with Crippen molar-refractivity contribution in [1.29, 1.82) is 5.26 Å². The largest absolute Gasteiger partial charge is 0.382 e. The Hall–Kier alpha value is -3.80. The Morgan fingerprint density at radius 2 is 1.80 bits per heavy atom. The summed E-state index contributed by atoms with van der Waals surface area (Å²) in [6.45, 7) is 1.18. The van der Waals surface area contributed by atoms with Crippen LogP contribution < -0.4 is 5.32 Å². The number of hydrogen-bond acceptors (Lipinski definition) is 7. The fraction of sp³-hybridized carbons (Fsp3) is 0.333. The summed E-state index contributed by atoms with van der Waals surface area (Å²) in [5, 5.41) is 12.8. The highest BCUT2D eigenvalue weighted by Crippen LogP contribution is 2.32. The fourth-order valence-corrected chi connectivity index (χ4v) is 4.64. The van der Waals surface area contributed by atoms with Crippen molar-refractivity contribution in [2.24, 2.45) is 0 Å². The summed E-state index contributed by atoms with van der Waals surface area (Å²) in [7, 11) is 1.68. The van der Waals surface area contributed by atoms with Gasteiger partial charge >= 0.3 is 0 Å². The number of nitrogens with zero attached hydrogens (tertiary/aromatic N) is 5. The number of aromatic nitrogens is 4. The number of anilines is 1. The Morgan fingerprint density at radius 1 is 1.09 bits per heavy atom. The normalized spacial score (nSPS) is 17.6. The van der Waals surface area contributed by atoms with Crippen molar-refractivity contribution in [2.75, 3.05) is 25.6 Å². The first-order chi connectivity index (χ1) is 17.3. The molecule has 0 radical (unpaired) electrons. The molecule has 0 spiro atoms. The van der Waals surface area contributed by atoms with Crippen molar-refractivity contribution >= 4 is 17.0 Å². The number of fused-ring (bicyclic) bond motifs is 1. The fourth-order valence-electron chi connectivity index (χ4n) is 4.64. The molecule has 2 aromatic heterocycles. The minimum Gasteiger partial charge on any atom is -0.382 e. The zero-order valence-corrected chi connectivity index (χ0v) is 19.7. The first-order valence-corrected chi connectivity index (χ1v) is 11.9. The van der Waals surface area contributed by atoms with Crippen LogP contribution in [0.3, 0.4) is 0 Å².